The monoisotopic (exact) mass is 649 g/mol. The molecule has 0 saturated carbocycles. The van der Waals surface area contributed by atoms with Crippen molar-refractivity contribution in [3.05, 3.63) is 107 Å². The van der Waals surface area contributed by atoms with E-state index in [4.69, 9.17) is 4.74 Å². The first-order valence-corrected chi connectivity index (χ1v) is 14.9. The highest BCUT2D eigenvalue weighted by atomic mass is 19.4. The van der Waals surface area contributed by atoms with Crippen molar-refractivity contribution in [2.24, 2.45) is 0 Å². The Labute approximate surface area is 264 Å². The zero-order valence-electron chi connectivity index (χ0n) is 25.8. The summed E-state index contributed by atoms with van der Waals surface area (Å²) in [7, 11) is 3.01. The lowest BCUT2D eigenvalue weighted by atomic mass is 9.90. The molecule has 6 nitrogen and oxygen atoms in total. The molecule has 3 aromatic rings. The Morgan fingerprint density at radius 2 is 1.48 bits per heavy atom. The SMILES string of the molecule is CN(Cc1ccccc1)C(=O)CN1C(=O)CN2C[C@@H]1CC[C@H]2c1ccccc1.CO[C@H](C)c1cc(C(F)(F)F)cc(C(F)(F)F)c1. The smallest absolute Gasteiger partial charge is 0.377 e. The van der Waals surface area contributed by atoms with Crippen molar-refractivity contribution in [3.63, 3.8) is 0 Å². The molecule has 0 radical (unpaired) electrons. The third-order valence-electron chi connectivity index (χ3n) is 8.37. The summed E-state index contributed by atoms with van der Waals surface area (Å²) in [5.41, 5.74) is -0.467. The topological polar surface area (TPSA) is 53.1 Å². The number of carbonyl (C=O) groups excluding carboxylic acids is 2. The van der Waals surface area contributed by atoms with E-state index in [1.807, 2.05) is 48.3 Å². The van der Waals surface area contributed by atoms with E-state index in [0.717, 1.165) is 24.9 Å². The third kappa shape index (κ3) is 8.88. The normalized spacial score (nSPS) is 20.4. The first kappa shape index (κ1) is 35.0. The molecule has 0 aliphatic carbocycles. The van der Waals surface area contributed by atoms with Crippen LogP contribution in [0.4, 0.5) is 26.3 Å². The summed E-state index contributed by atoms with van der Waals surface area (Å²) in [5, 5.41) is 0. The summed E-state index contributed by atoms with van der Waals surface area (Å²) in [6.45, 7) is 3.35. The van der Waals surface area contributed by atoms with Gasteiger partial charge in [-0.15, -0.1) is 0 Å². The Morgan fingerprint density at radius 3 is 2.02 bits per heavy atom. The number of amides is 2. The van der Waals surface area contributed by atoms with Crippen LogP contribution in [0.1, 0.15) is 59.7 Å². The number of carbonyl (C=O) groups is 2. The average Bonchev–Trinajstić information content (AvgIpc) is 3.02. The molecule has 4 atom stereocenters. The van der Waals surface area contributed by atoms with Gasteiger partial charge < -0.3 is 14.5 Å². The molecular weight excluding hydrogens is 612 g/mol. The first-order valence-electron chi connectivity index (χ1n) is 14.9. The molecule has 2 aliphatic rings. The number of fused-ring (bicyclic) bond motifs is 2. The molecule has 2 amide bonds. The molecular formula is C34H37F6N3O3. The highest BCUT2D eigenvalue weighted by molar-refractivity contribution is 5.86. The summed E-state index contributed by atoms with van der Waals surface area (Å²) >= 11 is 0. The minimum absolute atomic E-state index is 0.00386. The van der Waals surface area contributed by atoms with Crippen molar-refractivity contribution in [3.8, 4) is 0 Å². The van der Waals surface area contributed by atoms with Crippen molar-refractivity contribution in [2.75, 3.05) is 33.8 Å². The highest BCUT2D eigenvalue weighted by Crippen LogP contribution is 2.38. The van der Waals surface area contributed by atoms with Crippen molar-refractivity contribution in [1.82, 2.24) is 14.7 Å². The summed E-state index contributed by atoms with van der Waals surface area (Å²) < 4.78 is 79.7. The molecule has 46 heavy (non-hydrogen) atoms. The van der Waals surface area contributed by atoms with E-state index in [0.29, 0.717) is 31.3 Å². The average molecular weight is 650 g/mol. The van der Waals surface area contributed by atoms with Crippen LogP contribution in [0.15, 0.2) is 78.9 Å². The van der Waals surface area contributed by atoms with Gasteiger partial charge in [0, 0.05) is 39.3 Å². The maximum Gasteiger partial charge on any atom is 0.416 e. The van der Waals surface area contributed by atoms with Crippen LogP contribution in [0.3, 0.4) is 0 Å². The van der Waals surface area contributed by atoms with Crippen LogP contribution in [-0.4, -0.2) is 66.3 Å². The lowest BCUT2D eigenvalue weighted by Crippen LogP contribution is -2.61. The minimum atomic E-state index is -4.83. The van der Waals surface area contributed by atoms with Crippen LogP contribution in [0.25, 0.3) is 0 Å². The molecule has 0 aromatic heterocycles. The standard InChI is InChI=1S/C23H27N3O2.C11H10F6O/c1-24(14-18-8-4-2-5-9-18)22(27)17-26-20-12-13-21(19-10-6-3-7-11-19)25(15-20)16-23(26)28;1-6(18-2)7-3-8(10(12,13)14)5-9(4-7)11(15,16)17/h2-11,20-21H,12-17H2,1H3;3-6H,1-2H3/t20-,21-;6-/m01/s1. The molecule has 2 fully saturated rings. The molecule has 2 aliphatic heterocycles. The Bertz CT molecular complexity index is 1430. The third-order valence-corrected chi connectivity index (χ3v) is 8.37. The van der Waals surface area contributed by atoms with E-state index in [9.17, 15) is 35.9 Å². The summed E-state index contributed by atoms with van der Waals surface area (Å²) in [6, 6.07) is 22.2. The van der Waals surface area contributed by atoms with Crippen LogP contribution in [0.5, 0.6) is 0 Å². The number of likely N-dealkylation sites (N-methyl/N-ethyl adjacent to an activating group) is 1. The van der Waals surface area contributed by atoms with Gasteiger partial charge in [-0.05, 0) is 54.7 Å². The molecule has 0 spiro atoms. The van der Waals surface area contributed by atoms with Crippen molar-refractivity contribution < 1.29 is 40.7 Å². The quantitative estimate of drug-likeness (QED) is 0.256. The maximum absolute atomic E-state index is 12.8. The number of methoxy groups -OCH3 is 1. The first-order chi connectivity index (χ1) is 21.7. The fourth-order valence-corrected chi connectivity index (χ4v) is 5.75. The van der Waals surface area contributed by atoms with E-state index in [-0.39, 0.29) is 36.0 Å². The van der Waals surface area contributed by atoms with Crippen LogP contribution < -0.4 is 0 Å². The van der Waals surface area contributed by atoms with Gasteiger partial charge in [0.1, 0.15) is 6.54 Å². The van der Waals surface area contributed by atoms with E-state index in [1.165, 1.54) is 19.6 Å². The van der Waals surface area contributed by atoms with Crippen LogP contribution in [-0.2, 0) is 33.2 Å². The number of halogens is 6. The van der Waals surface area contributed by atoms with Gasteiger partial charge in [-0.3, -0.25) is 14.5 Å². The van der Waals surface area contributed by atoms with Gasteiger partial charge in [0.2, 0.25) is 11.8 Å². The fourth-order valence-electron chi connectivity index (χ4n) is 5.75. The van der Waals surface area contributed by atoms with E-state index in [2.05, 4.69) is 29.2 Å². The van der Waals surface area contributed by atoms with Gasteiger partial charge in [0.05, 0.1) is 23.8 Å². The summed E-state index contributed by atoms with van der Waals surface area (Å²) in [4.78, 5) is 31.3. The zero-order chi connectivity index (χ0) is 33.6. The van der Waals surface area contributed by atoms with Crippen LogP contribution in [0, 0.1) is 0 Å². The summed E-state index contributed by atoms with van der Waals surface area (Å²) in [6.07, 6.45) is -8.55. The molecule has 12 heteroatoms. The summed E-state index contributed by atoms with van der Waals surface area (Å²) in [5.74, 6) is 0.0641. The number of piperazine rings is 1. The largest absolute Gasteiger partial charge is 0.416 e. The van der Waals surface area contributed by atoms with Gasteiger partial charge in [-0.25, -0.2) is 0 Å². The Balaban J connectivity index is 0.000000232. The minimum Gasteiger partial charge on any atom is -0.377 e. The number of alkyl halides is 6. The van der Waals surface area contributed by atoms with Crippen molar-refractivity contribution in [2.45, 2.75) is 56.9 Å². The van der Waals surface area contributed by atoms with E-state index >= 15 is 0 Å². The predicted octanol–water partition coefficient (Wildman–Crippen LogP) is 7.12. The second-order valence-corrected chi connectivity index (χ2v) is 11.6. The van der Waals surface area contributed by atoms with Gasteiger partial charge in [0.15, 0.2) is 0 Å². The Hall–Kier alpha value is -3.90. The van der Waals surface area contributed by atoms with Gasteiger partial charge in [-0.2, -0.15) is 26.3 Å². The zero-order valence-corrected chi connectivity index (χ0v) is 25.8. The van der Waals surface area contributed by atoms with E-state index in [1.54, 1.807) is 4.90 Å². The second kappa shape index (κ2) is 14.7. The Kier molecular flexibility index (Phi) is 11.2. The van der Waals surface area contributed by atoms with Crippen molar-refractivity contribution >= 4 is 11.8 Å². The number of benzene rings is 3. The molecule has 2 saturated heterocycles. The lowest BCUT2D eigenvalue weighted by Gasteiger charge is -2.48. The molecule has 248 valence electrons. The number of rotatable bonds is 7. The highest BCUT2D eigenvalue weighted by Gasteiger charge is 2.41. The number of hydrogen-bond donors (Lipinski definition) is 0. The number of hydrogen-bond acceptors (Lipinski definition) is 4. The number of nitrogens with zero attached hydrogens (tertiary/aromatic N) is 3. The molecule has 2 bridgehead atoms. The molecule has 1 unspecified atom stereocenters. The lowest BCUT2D eigenvalue weighted by molar-refractivity contribution is -0.150. The van der Waals surface area contributed by atoms with E-state index < -0.39 is 29.6 Å². The maximum atomic E-state index is 12.8. The van der Waals surface area contributed by atoms with Gasteiger partial charge in [-0.1, -0.05) is 60.7 Å². The molecule has 0 N–H and O–H groups in total. The predicted molar refractivity (Wildman–Crippen MR) is 160 cm³/mol. The van der Waals surface area contributed by atoms with Crippen LogP contribution in [0.2, 0.25) is 0 Å². The molecule has 3 aromatic carbocycles. The van der Waals surface area contributed by atoms with Crippen LogP contribution >= 0.6 is 0 Å². The van der Waals surface area contributed by atoms with Crippen molar-refractivity contribution in [1.29, 1.82) is 0 Å². The van der Waals surface area contributed by atoms with Gasteiger partial charge in [0.25, 0.3) is 0 Å². The fraction of sp³-hybridized carbons (Fsp3) is 0.412. The Morgan fingerprint density at radius 1 is 0.913 bits per heavy atom. The molecule has 5 rings (SSSR count). The molecule has 2 heterocycles. The number of ether oxygens (including phenoxy) is 1. The second-order valence-electron chi connectivity index (χ2n) is 11.6. The number of piperidine rings is 1. The van der Waals surface area contributed by atoms with Gasteiger partial charge >= 0.3 is 12.4 Å².